The summed E-state index contributed by atoms with van der Waals surface area (Å²) in [4.78, 5) is 5.88. The molecule has 0 amide bonds. The second-order valence-corrected chi connectivity index (χ2v) is 5.85. The van der Waals surface area contributed by atoms with Crippen LogP contribution in [0.15, 0.2) is 58.4 Å². The fraction of sp³-hybridized carbons (Fsp3) is 0.176. The van der Waals surface area contributed by atoms with Gasteiger partial charge in [0.05, 0.1) is 17.5 Å². The van der Waals surface area contributed by atoms with Crippen molar-refractivity contribution in [3.05, 3.63) is 59.7 Å². The van der Waals surface area contributed by atoms with E-state index < -0.39 is 0 Å². The van der Waals surface area contributed by atoms with Crippen molar-refractivity contribution in [2.75, 3.05) is 5.75 Å². The Morgan fingerprint density at radius 1 is 1.15 bits per heavy atom. The number of aliphatic imine (C=N–C) groups is 1. The predicted octanol–water partition coefficient (Wildman–Crippen LogP) is 4.48. The zero-order chi connectivity index (χ0) is 13.9. The topological polar surface area (TPSA) is 36.1 Å². The number of fused-ring (bicyclic) bond motifs is 1. The Kier molecular flexibility index (Phi) is 3.58. The summed E-state index contributed by atoms with van der Waals surface area (Å²) in [7, 11) is 0. The summed E-state index contributed by atoms with van der Waals surface area (Å²) in [6.07, 6.45) is 0. The second kappa shape index (κ2) is 5.52. The normalized spacial score (nSPS) is 14.9. The van der Waals surface area contributed by atoms with Crippen molar-refractivity contribution < 1.29 is 0 Å². The maximum Gasteiger partial charge on any atom is 0.110 e. The maximum absolute atomic E-state index is 9.51. The highest BCUT2D eigenvalue weighted by Crippen LogP contribution is 2.36. The van der Waals surface area contributed by atoms with Gasteiger partial charge < -0.3 is 0 Å². The van der Waals surface area contributed by atoms with Crippen LogP contribution in [-0.4, -0.2) is 11.5 Å². The predicted molar refractivity (Wildman–Crippen MR) is 83.8 cm³/mol. The first-order chi connectivity index (χ1) is 9.78. The maximum atomic E-state index is 9.51. The van der Waals surface area contributed by atoms with Crippen LogP contribution in [0.3, 0.4) is 0 Å². The van der Waals surface area contributed by atoms with E-state index in [2.05, 4.69) is 24.1 Å². The van der Waals surface area contributed by atoms with Gasteiger partial charge in [0.1, 0.15) is 5.92 Å². The molecule has 0 aliphatic carbocycles. The average molecular weight is 278 g/mol. The third kappa shape index (κ3) is 2.48. The fourth-order valence-electron chi connectivity index (χ4n) is 2.26. The van der Waals surface area contributed by atoms with E-state index in [9.17, 15) is 5.26 Å². The molecule has 0 saturated carbocycles. The van der Waals surface area contributed by atoms with Gasteiger partial charge in [0.15, 0.2) is 0 Å². The summed E-state index contributed by atoms with van der Waals surface area (Å²) in [5, 5.41) is 9.51. The van der Waals surface area contributed by atoms with E-state index in [1.54, 1.807) is 11.8 Å². The number of nitriles is 1. The van der Waals surface area contributed by atoms with Crippen LogP contribution >= 0.6 is 11.8 Å². The molecule has 0 saturated heterocycles. The van der Waals surface area contributed by atoms with Gasteiger partial charge in [0.25, 0.3) is 0 Å². The highest BCUT2D eigenvalue weighted by atomic mass is 32.2. The zero-order valence-electron chi connectivity index (χ0n) is 11.2. The van der Waals surface area contributed by atoms with Gasteiger partial charge >= 0.3 is 0 Å². The number of benzene rings is 2. The van der Waals surface area contributed by atoms with Crippen molar-refractivity contribution in [2.24, 2.45) is 4.99 Å². The SMILES string of the molecule is Cc1ccc(C(C#N)C2=Nc3ccccc3SC2)cc1. The molecule has 2 aromatic carbocycles. The molecule has 1 aliphatic heterocycles. The summed E-state index contributed by atoms with van der Waals surface area (Å²) in [6.45, 7) is 2.05. The van der Waals surface area contributed by atoms with E-state index in [-0.39, 0.29) is 5.92 Å². The van der Waals surface area contributed by atoms with Crippen molar-refractivity contribution in [3.8, 4) is 6.07 Å². The fourth-order valence-corrected chi connectivity index (χ4v) is 3.23. The third-order valence-corrected chi connectivity index (χ3v) is 4.47. The molecular formula is C17H14N2S. The molecule has 2 nitrogen and oxygen atoms in total. The lowest BCUT2D eigenvalue weighted by Crippen LogP contribution is -2.15. The van der Waals surface area contributed by atoms with Crippen LogP contribution < -0.4 is 0 Å². The summed E-state index contributed by atoms with van der Waals surface area (Å²) in [6, 6.07) is 18.6. The van der Waals surface area contributed by atoms with E-state index in [4.69, 9.17) is 0 Å². The molecular weight excluding hydrogens is 264 g/mol. The summed E-state index contributed by atoms with van der Waals surface area (Å²) >= 11 is 1.76. The standard InChI is InChI=1S/C17H14N2S/c1-12-6-8-13(9-7-12)14(10-18)16-11-20-17-5-3-2-4-15(17)19-16/h2-9,14H,11H2,1H3. The molecule has 1 aliphatic rings. The van der Waals surface area contributed by atoms with Gasteiger partial charge in [-0.1, -0.05) is 42.0 Å². The largest absolute Gasteiger partial charge is 0.254 e. The van der Waals surface area contributed by atoms with Crippen LogP contribution in [-0.2, 0) is 0 Å². The van der Waals surface area contributed by atoms with E-state index in [1.807, 2.05) is 42.5 Å². The molecule has 0 fully saturated rings. The van der Waals surface area contributed by atoms with Gasteiger partial charge in [0.2, 0.25) is 0 Å². The number of para-hydroxylation sites is 1. The summed E-state index contributed by atoms with van der Waals surface area (Å²) in [5.74, 6) is 0.528. The van der Waals surface area contributed by atoms with Crippen LogP contribution in [0.1, 0.15) is 17.0 Å². The van der Waals surface area contributed by atoms with Crippen LogP contribution in [0, 0.1) is 18.3 Å². The molecule has 0 bridgehead atoms. The van der Waals surface area contributed by atoms with Gasteiger partial charge in [0, 0.05) is 10.6 Å². The molecule has 0 N–H and O–H groups in total. The van der Waals surface area contributed by atoms with Crippen molar-refractivity contribution in [2.45, 2.75) is 17.7 Å². The van der Waals surface area contributed by atoms with Gasteiger partial charge in [-0.25, -0.2) is 0 Å². The third-order valence-electron chi connectivity index (χ3n) is 3.38. The van der Waals surface area contributed by atoms with Crippen molar-refractivity contribution in [3.63, 3.8) is 0 Å². The highest BCUT2D eigenvalue weighted by Gasteiger charge is 2.22. The van der Waals surface area contributed by atoms with Crippen LogP contribution in [0.2, 0.25) is 0 Å². The van der Waals surface area contributed by atoms with Gasteiger partial charge in [-0.3, -0.25) is 4.99 Å². The van der Waals surface area contributed by atoms with Gasteiger partial charge in [-0.15, -0.1) is 11.8 Å². The molecule has 98 valence electrons. The Morgan fingerprint density at radius 2 is 1.90 bits per heavy atom. The van der Waals surface area contributed by atoms with Crippen LogP contribution in [0.4, 0.5) is 5.69 Å². The molecule has 0 spiro atoms. The Bertz CT molecular complexity index is 696. The minimum absolute atomic E-state index is 0.253. The number of rotatable bonds is 2. The summed E-state index contributed by atoms with van der Waals surface area (Å²) in [5.41, 5.74) is 4.15. The minimum atomic E-state index is -0.253. The van der Waals surface area contributed by atoms with E-state index in [0.29, 0.717) is 0 Å². The van der Waals surface area contributed by atoms with Crippen molar-refractivity contribution in [1.82, 2.24) is 0 Å². The molecule has 0 aromatic heterocycles. The molecule has 1 unspecified atom stereocenters. The lowest BCUT2D eigenvalue weighted by atomic mass is 9.95. The smallest absolute Gasteiger partial charge is 0.110 e. The number of hydrogen-bond donors (Lipinski definition) is 0. The Labute approximate surface area is 123 Å². The summed E-state index contributed by atoms with van der Waals surface area (Å²) < 4.78 is 0. The molecule has 3 heteroatoms. The first kappa shape index (κ1) is 13.0. The number of hydrogen-bond acceptors (Lipinski definition) is 3. The lowest BCUT2D eigenvalue weighted by Gasteiger charge is -2.18. The molecule has 0 radical (unpaired) electrons. The van der Waals surface area contributed by atoms with Crippen molar-refractivity contribution >= 4 is 23.2 Å². The second-order valence-electron chi connectivity index (χ2n) is 4.83. The quantitative estimate of drug-likeness (QED) is 0.812. The molecule has 3 rings (SSSR count). The highest BCUT2D eigenvalue weighted by molar-refractivity contribution is 8.00. The first-order valence-corrected chi connectivity index (χ1v) is 7.52. The Hall–Kier alpha value is -2.05. The molecule has 2 aromatic rings. The molecule has 20 heavy (non-hydrogen) atoms. The van der Waals surface area contributed by atoms with E-state index in [0.717, 1.165) is 22.7 Å². The number of thioether (sulfide) groups is 1. The van der Waals surface area contributed by atoms with Gasteiger partial charge in [-0.2, -0.15) is 5.26 Å². The Morgan fingerprint density at radius 3 is 2.65 bits per heavy atom. The van der Waals surface area contributed by atoms with Crippen LogP contribution in [0.5, 0.6) is 0 Å². The first-order valence-electron chi connectivity index (χ1n) is 6.53. The van der Waals surface area contributed by atoms with E-state index >= 15 is 0 Å². The number of aryl methyl sites for hydroxylation is 1. The van der Waals surface area contributed by atoms with Crippen LogP contribution in [0.25, 0.3) is 0 Å². The molecule has 1 atom stereocenters. The number of nitrogens with zero attached hydrogens (tertiary/aromatic N) is 2. The van der Waals surface area contributed by atoms with E-state index in [1.165, 1.54) is 10.5 Å². The zero-order valence-corrected chi connectivity index (χ0v) is 12.0. The van der Waals surface area contributed by atoms with Gasteiger partial charge in [-0.05, 0) is 24.6 Å². The molecule has 1 heterocycles. The minimum Gasteiger partial charge on any atom is -0.254 e. The average Bonchev–Trinajstić information content (AvgIpc) is 2.50. The monoisotopic (exact) mass is 278 g/mol. The Balaban J connectivity index is 1.97. The lowest BCUT2D eigenvalue weighted by molar-refractivity contribution is 1.12. The van der Waals surface area contributed by atoms with Crippen molar-refractivity contribution in [1.29, 1.82) is 5.26 Å².